The molecule has 2 heteroatoms. The maximum absolute atomic E-state index is 3.59. The van der Waals surface area contributed by atoms with Crippen LogP contribution in [0.2, 0.25) is 0 Å². The highest BCUT2D eigenvalue weighted by Crippen LogP contribution is 2.11. The third kappa shape index (κ3) is 4.98. The quantitative estimate of drug-likeness (QED) is 0.728. The van der Waals surface area contributed by atoms with Crippen molar-refractivity contribution in [1.29, 1.82) is 0 Å². The normalized spacial score (nSPS) is 22.6. The van der Waals surface area contributed by atoms with Gasteiger partial charge in [0.2, 0.25) is 0 Å². The Morgan fingerprint density at radius 2 is 1.73 bits per heavy atom. The first-order valence-electron chi connectivity index (χ1n) is 6.68. The average molecular weight is 212 g/mol. The lowest BCUT2D eigenvalue weighted by Crippen LogP contribution is -2.43. The summed E-state index contributed by atoms with van der Waals surface area (Å²) in [4.78, 5) is 2.63. The molecule has 0 aliphatic carbocycles. The van der Waals surface area contributed by atoms with E-state index in [0.717, 1.165) is 12.5 Å². The number of hydrogen-bond acceptors (Lipinski definition) is 2. The summed E-state index contributed by atoms with van der Waals surface area (Å²) in [6, 6.07) is 0.717. The Morgan fingerprint density at radius 3 is 2.33 bits per heavy atom. The van der Waals surface area contributed by atoms with Crippen LogP contribution in [-0.4, -0.2) is 37.1 Å². The first-order valence-corrected chi connectivity index (χ1v) is 6.68. The maximum atomic E-state index is 3.59. The second-order valence-corrected chi connectivity index (χ2v) is 5.12. The second kappa shape index (κ2) is 7.24. The van der Waals surface area contributed by atoms with Crippen molar-refractivity contribution >= 4 is 0 Å². The molecule has 1 rings (SSSR count). The Hall–Kier alpha value is -0.0800. The molecule has 0 aromatic carbocycles. The molecule has 1 N–H and O–H groups in total. The van der Waals surface area contributed by atoms with E-state index in [2.05, 4.69) is 31.0 Å². The molecule has 0 aromatic rings. The van der Waals surface area contributed by atoms with E-state index < -0.39 is 0 Å². The molecule has 0 bridgehead atoms. The summed E-state index contributed by atoms with van der Waals surface area (Å²) in [5, 5.41) is 3.59. The summed E-state index contributed by atoms with van der Waals surface area (Å²) >= 11 is 0. The van der Waals surface area contributed by atoms with E-state index in [-0.39, 0.29) is 0 Å². The first-order chi connectivity index (χ1) is 7.24. The Balaban J connectivity index is 2.09. The molecule has 0 amide bonds. The van der Waals surface area contributed by atoms with Gasteiger partial charge in [-0.05, 0) is 45.3 Å². The topological polar surface area (TPSA) is 15.3 Å². The van der Waals surface area contributed by atoms with Crippen LogP contribution in [0.1, 0.15) is 46.5 Å². The van der Waals surface area contributed by atoms with Crippen molar-refractivity contribution in [3.8, 4) is 0 Å². The summed E-state index contributed by atoms with van der Waals surface area (Å²) in [6.07, 6.45) is 5.51. The van der Waals surface area contributed by atoms with Gasteiger partial charge in [0.25, 0.3) is 0 Å². The molecular weight excluding hydrogens is 184 g/mol. The molecule has 90 valence electrons. The second-order valence-electron chi connectivity index (χ2n) is 5.12. The fraction of sp³-hybridized carbons (Fsp3) is 1.00. The van der Waals surface area contributed by atoms with Crippen LogP contribution in [0.3, 0.4) is 0 Å². The van der Waals surface area contributed by atoms with Crippen molar-refractivity contribution in [1.82, 2.24) is 10.2 Å². The number of hydrogen-bond donors (Lipinski definition) is 1. The smallest absolute Gasteiger partial charge is 0.0192 e. The molecule has 1 aliphatic rings. The highest BCUT2D eigenvalue weighted by Gasteiger charge is 2.15. The van der Waals surface area contributed by atoms with Gasteiger partial charge >= 0.3 is 0 Å². The van der Waals surface area contributed by atoms with Crippen LogP contribution in [0.5, 0.6) is 0 Å². The van der Waals surface area contributed by atoms with Gasteiger partial charge in [-0.1, -0.05) is 26.7 Å². The van der Waals surface area contributed by atoms with Crippen LogP contribution in [0.4, 0.5) is 0 Å². The lowest BCUT2D eigenvalue weighted by atomic mass is 10.1. The summed E-state index contributed by atoms with van der Waals surface area (Å²) in [5.74, 6) is 0.818. The van der Waals surface area contributed by atoms with Gasteiger partial charge in [-0.25, -0.2) is 0 Å². The van der Waals surface area contributed by atoms with Crippen molar-refractivity contribution in [2.45, 2.75) is 52.5 Å². The van der Waals surface area contributed by atoms with E-state index in [1.54, 1.807) is 0 Å². The monoisotopic (exact) mass is 212 g/mol. The molecule has 1 saturated heterocycles. The summed E-state index contributed by atoms with van der Waals surface area (Å²) in [5.41, 5.74) is 0. The Morgan fingerprint density at radius 1 is 1.07 bits per heavy atom. The van der Waals surface area contributed by atoms with E-state index in [1.165, 1.54) is 45.3 Å². The summed E-state index contributed by atoms with van der Waals surface area (Å²) < 4.78 is 0. The van der Waals surface area contributed by atoms with Crippen LogP contribution in [0.25, 0.3) is 0 Å². The van der Waals surface area contributed by atoms with Crippen molar-refractivity contribution in [2.75, 3.05) is 26.2 Å². The predicted molar refractivity (Wildman–Crippen MR) is 67.2 cm³/mol. The van der Waals surface area contributed by atoms with Gasteiger partial charge in [-0.15, -0.1) is 0 Å². The molecule has 1 heterocycles. The Bertz CT molecular complexity index is 153. The SMILES string of the molecule is CCC(C)CNCC(C)N1CCCCC1. The molecule has 0 saturated carbocycles. The molecular formula is C13H28N2. The zero-order valence-electron chi connectivity index (χ0n) is 10.8. The lowest BCUT2D eigenvalue weighted by Gasteiger charge is -2.32. The van der Waals surface area contributed by atoms with Gasteiger partial charge in [0.1, 0.15) is 0 Å². The van der Waals surface area contributed by atoms with Gasteiger partial charge < -0.3 is 5.32 Å². The van der Waals surface area contributed by atoms with Crippen molar-refractivity contribution < 1.29 is 0 Å². The molecule has 0 radical (unpaired) electrons. The van der Waals surface area contributed by atoms with E-state index in [4.69, 9.17) is 0 Å². The number of nitrogens with zero attached hydrogens (tertiary/aromatic N) is 1. The largest absolute Gasteiger partial charge is 0.315 e. The third-order valence-electron chi connectivity index (χ3n) is 3.64. The van der Waals surface area contributed by atoms with Crippen LogP contribution >= 0.6 is 0 Å². The standard InChI is InChI=1S/C13H28N2/c1-4-12(2)10-14-11-13(3)15-8-6-5-7-9-15/h12-14H,4-11H2,1-3H3. The molecule has 2 nitrogen and oxygen atoms in total. The van der Waals surface area contributed by atoms with Gasteiger partial charge in [0.15, 0.2) is 0 Å². The van der Waals surface area contributed by atoms with Crippen molar-refractivity contribution in [3.05, 3.63) is 0 Å². The molecule has 1 fully saturated rings. The molecule has 2 atom stereocenters. The highest BCUT2D eigenvalue weighted by molar-refractivity contribution is 4.73. The Labute approximate surface area is 95.4 Å². The summed E-state index contributed by atoms with van der Waals surface area (Å²) in [7, 11) is 0. The summed E-state index contributed by atoms with van der Waals surface area (Å²) in [6.45, 7) is 11.9. The molecule has 2 unspecified atom stereocenters. The fourth-order valence-electron chi connectivity index (χ4n) is 2.17. The number of likely N-dealkylation sites (tertiary alicyclic amines) is 1. The van der Waals surface area contributed by atoms with Crippen molar-refractivity contribution in [2.24, 2.45) is 5.92 Å². The van der Waals surface area contributed by atoms with Crippen molar-refractivity contribution in [3.63, 3.8) is 0 Å². The van der Waals surface area contributed by atoms with Crippen LogP contribution in [-0.2, 0) is 0 Å². The maximum Gasteiger partial charge on any atom is 0.0192 e. The molecule has 15 heavy (non-hydrogen) atoms. The number of nitrogens with one attached hydrogen (secondary N) is 1. The minimum Gasteiger partial charge on any atom is -0.315 e. The van der Waals surface area contributed by atoms with Crippen LogP contribution in [0.15, 0.2) is 0 Å². The van der Waals surface area contributed by atoms with E-state index in [1.807, 2.05) is 0 Å². The van der Waals surface area contributed by atoms with E-state index >= 15 is 0 Å². The highest BCUT2D eigenvalue weighted by atomic mass is 15.2. The fourth-order valence-corrected chi connectivity index (χ4v) is 2.17. The van der Waals surface area contributed by atoms with Gasteiger partial charge in [-0.2, -0.15) is 0 Å². The van der Waals surface area contributed by atoms with Gasteiger partial charge in [0, 0.05) is 12.6 Å². The minimum absolute atomic E-state index is 0.717. The zero-order chi connectivity index (χ0) is 11.1. The molecule has 0 aromatic heterocycles. The number of piperidine rings is 1. The predicted octanol–water partition coefficient (Wildman–Crippen LogP) is 2.50. The molecule has 0 spiro atoms. The minimum atomic E-state index is 0.717. The average Bonchev–Trinajstić information content (AvgIpc) is 2.29. The van der Waals surface area contributed by atoms with Crippen LogP contribution < -0.4 is 5.32 Å². The van der Waals surface area contributed by atoms with Gasteiger partial charge in [0.05, 0.1) is 0 Å². The number of rotatable bonds is 6. The molecule has 1 aliphatic heterocycles. The van der Waals surface area contributed by atoms with Crippen LogP contribution in [0, 0.1) is 5.92 Å². The van der Waals surface area contributed by atoms with Gasteiger partial charge in [-0.3, -0.25) is 4.90 Å². The first kappa shape index (κ1) is 13.0. The third-order valence-corrected chi connectivity index (χ3v) is 3.64. The lowest BCUT2D eigenvalue weighted by molar-refractivity contribution is 0.170. The Kier molecular flexibility index (Phi) is 6.26. The van der Waals surface area contributed by atoms with E-state index in [0.29, 0.717) is 6.04 Å². The van der Waals surface area contributed by atoms with E-state index in [9.17, 15) is 0 Å². The zero-order valence-corrected chi connectivity index (χ0v) is 10.8.